The molecule has 1 aromatic carbocycles. The van der Waals surface area contributed by atoms with Crippen molar-refractivity contribution in [2.24, 2.45) is 0 Å². The predicted octanol–water partition coefficient (Wildman–Crippen LogP) is 3.83. The molecule has 0 unspecified atom stereocenters. The molecular formula is C21H17N5O2. The van der Waals surface area contributed by atoms with E-state index in [9.17, 15) is 5.11 Å². The zero-order valence-electron chi connectivity index (χ0n) is 14.9. The van der Waals surface area contributed by atoms with Gasteiger partial charge in [0.1, 0.15) is 0 Å². The summed E-state index contributed by atoms with van der Waals surface area (Å²) in [5.41, 5.74) is 5.85. The van der Waals surface area contributed by atoms with Crippen molar-refractivity contribution < 1.29 is 9.52 Å². The molecule has 3 aromatic heterocycles. The van der Waals surface area contributed by atoms with E-state index in [1.165, 1.54) is 5.56 Å². The number of aryl methyl sites for hydroxylation is 1. The highest BCUT2D eigenvalue weighted by Gasteiger charge is 2.20. The molecule has 5 rings (SSSR count). The molecule has 4 aromatic rings. The maximum absolute atomic E-state index is 9.22. The van der Waals surface area contributed by atoms with E-state index in [-0.39, 0.29) is 6.61 Å². The zero-order chi connectivity index (χ0) is 19.1. The number of aliphatic hydroxyl groups is 1. The molecule has 0 atom stereocenters. The van der Waals surface area contributed by atoms with Crippen LogP contribution in [0.2, 0.25) is 0 Å². The Balaban J connectivity index is 1.60. The third kappa shape index (κ3) is 2.73. The lowest BCUT2D eigenvalue weighted by Gasteiger charge is -2.09. The molecule has 1 aliphatic carbocycles. The van der Waals surface area contributed by atoms with Crippen LogP contribution in [-0.4, -0.2) is 25.8 Å². The summed E-state index contributed by atoms with van der Waals surface area (Å²) in [4.78, 5) is 12.8. The summed E-state index contributed by atoms with van der Waals surface area (Å²) < 4.78 is 5.99. The number of aromatic nitrogens is 3. The average molecular weight is 371 g/mol. The van der Waals surface area contributed by atoms with E-state index in [2.05, 4.69) is 26.3 Å². The standard InChI is InChI=1S/C21H17N5O2/c22-17-4-1-13-7-14(2-3-15(13)17)26-19-16-5-6-23-10-18(16)28-20(19)21-24-8-12(11-27)9-25-21/h2-3,5-10,22,26-27H,1,4,11H2. The summed E-state index contributed by atoms with van der Waals surface area (Å²) in [7, 11) is 0. The first-order valence-electron chi connectivity index (χ1n) is 8.99. The van der Waals surface area contributed by atoms with E-state index >= 15 is 0 Å². The van der Waals surface area contributed by atoms with Crippen molar-refractivity contribution in [1.29, 1.82) is 5.41 Å². The molecule has 0 radical (unpaired) electrons. The molecule has 0 amide bonds. The summed E-state index contributed by atoms with van der Waals surface area (Å²) in [5, 5.41) is 21.6. The van der Waals surface area contributed by atoms with Crippen molar-refractivity contribution in [3.05, 3.63) is 65.7 Å². The van der Waals surface area contributed by atoms with Crippen molar-refractivity contribution in [2.75, 3.05) is 5.32 Å². The van der Waals surface area contributed by atoms with E-state index in [1.807, 2.05) is 18.2 Å². The van der Waals surface area contributed by atoms with Gasteiger partial charge in [0, 0.05) is 40.9 Å². The Hall–Kier alpha value is -3.58. The van der Waals surface area contributed by atoms with Gasteiger partial charge in [-0.25, -0.2) is 9.97 Å². The molecule has 0 saturated heterocycles. The van der Waals surface area contributed by atoms with Gasteiger partial charge in [-0.3, -0.25) is 4.98 Å². The molecule has 0 aliphatic heterocycles. The fourth-order valence-corrected chi connectivity index (χ4v) is 3.50. The summed E-state index contributed by atoms with van der Waals surface area (Å²) in [6, 6.07) is 7.92. The number of anilines is 2. The predicted molar refractivity (Wildman–Crippen MR) is 106 cm³/mol. The molecule has 7 nitrogen and oxygen atoms in total. The highest BCUT2D eigenvalue weighted by molar-refractivity contribution is 6.03. The molecule has 0 bridgehead atoms. The van der Waals surface area contributed by atoms with Crippen molar-refractivity contribution in [1.82, 2.24) is 15.0 Å². The van der Waals surface area contributed by atoms with E-state index in [0.717, 1.165) is 35.2 Å². The van der Waals surface area contributed by atoms with Crippen molar-refractivity contribution in [3.8, 4) is 11.6 Å². The van der Waals surface area contributed by atoms with Gasteiger partial charge < -0.3 is 20.2 Å². The third-order valence-corrected chi connectivity index (χ3v) is 4.93. The molecule has 28 heavy (non-hydrogen) atoms. The lowest BCUT2D eigenvalue weighted by atomic mass is 10.1. The van der Waals surface area contributed by atoms with Gasteiger partial charge in [-0.2, -0.15) is 0 Å². The first-order valence-corrected chi connectivity index (χ1v) is 8.99. The van der Waals surface area contributed by atoms with Crippen LogP contribution in [0.5, 0.6) is 0 Å². The minimum absolute atomic E-state index is 0.112. The second-order valence-electron chi connectivity index (χ2n) is 6.73. The Morgan fingerprint density at radius 3 is 2.79 bits per heavy atom. The number of benzene rings is 1. The van der Waals surface area contributed by atoms with Crippen molar-refractivity contribution >= 4 is 28.1 Å². The third-order valence-electron chi connectivity index (χ3n) is 4.93. The van der Waals surface area contributed by atoms with Crippen LogP contribution in [0.1, 0.15) is 23.1 Å². The van der Waals surface area contributed by atoms with Crippen molar-refractivity contribution in [2.45, 2.75) is 19.4 Å². The van der Waals surface area contributed by atoms with Crippen molar-refractivity contribution in [3.63, 3.8) is 0 Å². The number of rotatable bonds is 4. The molecule has 3 heterocycles. The molecule has 138 valence electrons. The Bertz CT molecular complexity index is 1200. The van der Waals surface area contributed by atoms with Crippen LogP contribution in [0, 0.1) is 5.41 Å². The van der Waals surface area contributed by atoms with Gasteiger partial charge in [0.15, 0.2) is 17.2 Å². The number of hydrogen-bond donors (Lipinski definition) is 3. The summed E-state index contributed by atoms with van der Waals surface area (Å²) in [6.45, 7) is -0.112. The maximum Gasteiger partial charge on any atom is 0.197 e. The lowest BCUT2D eigenvalue weighted by molar-refractivity contribution is 0.281. The van der Waals surface area contributed by atoms with Crippen LogP contribution in [0.15, 0.2) is 53.5 Å². The SMILES string of the molecule is N=C1CCc2cc(Nc3c(-c4ncc(CO)cn4)oc4cnccc34)ccc21. The molecule has 3 N–H and O–H groups in total. The van der Waals surface area contributed by atoms with E-state index in [0.29, 0.717) is 28.4 Å². The summed E-state index contributed by atoms with van der Waals surface area (Å²) >= 11 is 0. The van der Waals surface area contributed by atoms with Gasteiger partial charge in [0.2, 0.25) is 0 Å². The average Bonchev–Trinajstić information content (AvgIpc) is 3.29. The Morgan fingerprint density at radius 1 is 1.11 bits per heavy atom. The minimum Gasteiger partial charge on any atom is -0.449 e. The quantitative estimate of drug-likeness (QED) is 0.503. The van der Waals surface area contributed by atoms with Gasteiger partial charge in [-0.05, 0) is 42.2 Å². The fraction of sp³-hybridized carbons (Fsp3) is 0.143. The number of hydrogen-bond acceptors (Lipinski definition) is 7. The zero-order valence-corrected chi connectivity index (χ0v) is 14.9. The number of nitrogens with zero attached hydrogens (tertiary/aromatic N) is 3. The highest BCUT2D eigenvalue weighted by atomic mass is 16.3. The minimum atomic E-state index is -0.112. The van der Waals surface area contributed by atoms with Crippen LogP contribution in [0.4, 0.5) is 11.4 Å². The van der Waals surface area contributed by atoms with Crippen LogP contribution >= 0.6 is 0 Å². The number of nitrogens with one attached hydrogen (secondary N) is 2. The van der Waals surface area contributed by atoms with Gasteiger partial charge >= 0.3 is 0 Å². The van der Waals surface area contributed by atoms with Gasteiger partial charge in [-0.15, -0.1) is 0 Å². The first-order chi connectivity index (χ1) is 13.7. The Labute approximate surface area is 160 Å². The monoisotopic (exact) mass is 371 g/mol. The number of fused-ring (bicyclic) bond motifs is 2. The molecule has 0 fully saturated rings. The van der Waals surface area contributed by atoms with Crippen LogP contribution in [0.3, 0.4) is 0 Å². The highest BCUT2D eigenvalue weighted by Crippen LogP contribution is 2.38. The van der Waals surface area contributed by atoms with Gasteiger partial charge in [-0.1, -0.05) is 6.07 Å². The molecule has 1 aliphatic rings. The second kappa shape index (κ2) is 6.54. The van der Waals surface area contributed by atoms with Gasteiger partial charge in [0.25, 0.3) is 0 Å². The van der Waals surface area contributed by atoms with Crippen LogP contribution < -0.4 is 5.32 Å². The van der Waals surface area contributed by atoms with E-state index in [1.54, 1.807) is 24.8 Å². The maximum atomic E-state index is 9.22. The smallest absolute Gasteiger partial charge is 0.197 e. The lowest BCUT2D eigenvalue weighted by Crippen LogP contribution is -1.97. The Morgan fingerprint density at radius 2 is 1.96 bits per heavy atom. The number of furan rings is 1. The van der Waals surface area contributed by atoms with Gasteiger partial charge in [0.05, 0.1) is 18.5 Å². The number of pyridine rings is 1. The second-order valence-corrected chi connectivity index (χ2v) is 6.73. The molecule has 7 heteroatoms. The Kier molecular flexibility index (Phi) is 3.87. The summed E-state index contributed by atoms with van der Waals surface area (Å²) in [6.07, 6.45) is 8.22. The molecule has 0 saturated carbocycles. The fourth-order valence-electron chi connectivity index (χ4n) is 3.50. The first kappa shape index (κ1) is 16.6. The van der Waals surface area contributed by atoms with E-state index < -0.39 is 0 Å². The summed E-state index contributed by atoms with van der Waals surface area (Å²) in [5.74, 6) is 0.944. The van der Waals surface area contributed by atoms with E-state index in [4.69, 9.17) is 9.83 Å². The topological polar surface area (TPSA) is 108 Å². The van der Waals surface area contributed by atoms with Crippen LogP contribution in [0.25, 0.3) is 22.6 Å². The largest absolute Gasteiger partial charge is 0.449 e. The van der Waals surface area contributed by atoms with Crippen LogP contribution in [-0.2, 0) is 13.0 Å². The molecule has 0 spiro atoms. The molecular weight excluding hydrogens is 354 g/mol. The number of aliphatic hydroxyl groups excluding tert-OH is 1. The normalized spacial score (nSPS) is 13.1.